The fourth-order valence-electron chi connectivity index (χ4n) is 1.18. The van der Waals surface area contributed by atoms with Crippen molar-refractivity contribution in [1.82, 2.24) is 0 Å². The molecule has 0 heterocycles. The summed E-state index contributed by atoms with van der Waals surface area (Å²) in [4.78, 5) is 0. The number of rotatable bonds is 4. The molecule has 1 rings (SSSR count). The van der Waals surface area contributed by atoms with Crippen LogP contribution in [0.5, 0.6) is 0 Å². The van der Waals surface area contributed by atoms with Crippen LogP contribution in [0, 0.1) is 11.8 Å². The lowest BCUT2D eigenvalue weighted by molar-refractivity contribution is 0.886. The van der Waals surface area contributed by atoms with Gasteiger partial charge in [0.25, 0.3) is 0 Å². The Hall–Kier alpha value is -1.48. The number of hydrogen-bond donors (Lipinski definition) is 0. The molecule has 72 valence electrons. The van der Waals surface area contributed by atoms with Crippen molar-refractivity contribution in [3.8, 4) is 11.8 Å². The highest BCUT2D eigenvalue weighted by molar-refractivity contribution is 5.20. The predicted octanol–water partition coefficient (Wildman–Crippen LogP) is 3.59. The van der Waals surface area contributed by atoms with Crippen LogP contribution in [-0.4, -0.2) is 0 Å². The molecule has 0 aliphatic carbocycles. The van der Waals surface area contributed by atoms with E-state index in [4.69, 9.17) is 0 Å². The van der Waals surface area contributed by atoms with E-state index in [2.05, 4.69) is 42.7 Å². The standard InChI is InChI=1S/C14H16/c1-2-3-4-5-6-8-11-14-12-9-7-10-13-14/h2,7,9-10,12-13H,1,3-5,11H2. The Balaban J connectivity index is 2.23. The van der Waals surface area contributed by atoms with Crippen molar-refractivity contribution < 1.29 is 0 Å². The van der Waals surface area contributed by atoms with Crippen molar-refractivity contribution in [2.75, 3.05) is 0 Å². The van der Waals surface area contributed by atoms with E-state index in [0.29, 0.717) is 0 Å². The van der Waals surface area contributed by atoms with Gasteiger partial charge in [0.15, 0.2) is 0 Å². The first kappa shape index (κ1) is 10.6. The van der Waals surface area contributed by atoms with Gasteiger partial charge in [-0.3, -0.25) is 0 Å². The summed E-state index contributed by atoms with van der Waals surface area (Å²) in [5, 5.41) is 0. The topological polar surface area (TPSA) is 0 Å². The minimum Gasteiger partial charge on any atom is -0.103 e. The molecular weight excluding hydrogens is 168 g/mol. The second-order valence-corrected chi connectivity index (χ2v) is 3.20. The van der Waals surface area contributed by atoms with Crippen LogP contribution in [0.25, 0.3) is 0 Å². The van der Waals surface area contributed by atoms with Gasteiger partial charge in [-0.15, -0.1) is 12.5 Å². The Morgan fingerprint density at radius 1 is 1.14 bits per heavy atom. The van der Waals surface area contributed by atoms with Gasteiger partial charge in [0.2, 0.25) is 0 Å². The molecule has 0 aliphatic heterocycles. The molecule has 0 saturated carbocycles. The SMILES string of the molecule is C=CCCCC#CCc1ccccc1. The molecule has 0 heteroatoms. The fraction of sp³-hybridized carbons (Fsp3) is 0.286. The molecule has 0 aliphatic rings. The van der Waals surface area contributed by atoms with E-state index in [-0.39, 0.29) is 0 Å². The summed E-state index contributed by atoms with van der Waals surface area (Å²) < 4.78 is 0. The van der Waals surface area contributed by atoms with Crippen molar-refractivity contribution >= 4 is 0 Å². The monoisotopic (exact) mass is 184 g/mol. The van der Waals surface area contributed by atoms with Crippen LogP contribution in [0.1, 0.15) is 24.8 Å². The largest absolute Gasteiger partial charge is 0.103 e. The molecule has 1 aromatic rings. The van der Waals surface area contributed by atoms with Crippen molar-refractivity contribution in [2.24, 2.45) is 0 Å². The highest BCUT2D eigenvalue weighted by atomic mass is 13.9. The van der Waals surface area contributed by atoms with Crippen molar-refractivity contribution in [1.29, 1.82) is 0 Å². The van der Waals surface area contributed by atoms with Gasteiger partial charge >= 0.3 is 0 Å². The van der Waals surface area contributed by atoms with Crippen LogP contribution in [0.4, 0.5) is 0 Å². The second-order valence-electron chi connectivity index (χ2n) is 3.20. The first-order chi connectivity index (χ1) is 6.93. The third-order valence-corrected chi connectivity index (χ3v) is 1.97. The highest BCUT2D eigenvalue weighted by Gasteiger charge is 1.84. The van der Waals surface area contributed by atoms with Gasteiger partial charge in [0.1, 0.15) is 0 Å². The Morgan fingerprint density at radius 3 is 2.64 bits per heavy atom. The van der Waals surface area contributed by atoms with Crippen molar-refractivity contribution in [3.63, 3.8) is 0 Å². The summed E-state index contributed by atoms with van der Waals surface area (Å²) in [6, 6.07) is 10.3. The van der Waals surface area contributed by atoms with E-state index in [1.165, 1.54) is 5.56 Å². The molecular formula is C14H16. The van der Waals surface area contributed by atoms with E-state index >= 15 is 0 Å². The van der Waals surface area contributed by atoms with Gasteiger partial charge in [-0.1, -0.05) is 42.3 Å². The first-order valence-electron chi connectivity index (χ1n) is 5.04. The minimum absolute atomic E-state index is 0.870. The molecule has 0 spiro atoms. The number of allylic oxidation sites excluding steroid dienone is 1. The summed E-state index contributed by atoms with van der Waals surface area (Å²) in [5.74, 6) is 6.35. The van der Waals surface area contributed by atoms with E-state index in [1.54, 1.807) is 0 Å². The maximum atomic E-state index is 3.68. The smallest absolute Gasteiger partial charge is 0.0340 e. The average molecular weight is 184 g/mol. The predicted molar refractivity (Wildman–Crippen MR) is 62.0 cm³/mol. The van der Waals surface area contributed by atoms with Crippen LogP contribution in [0.3, 0.4) is 0 Å². The Morgan fingerprint density at radius 2 is 1.93 bits per heavy atom. The Labute approximate surface area is 86.7 Å². The maximum absolute atomic E-state index is 3.68. The molecule has 0 nitrogen and oxygen atoms in total. The zero-order chi connectivity index (χ0) is 10.1. The second kappa shape index (κ2) is 6.97. The quantitative estimate of drug-likeness (QED) is 0.381. The van der Waals surface area contributed by atoms with E-state index < -0.39 is 0 Å². The van der Waals surface area contributed by atoms with E-state index in [0.717, 1.165) is 25.7 Å². The van der Waals surface area contributed by atoms with Crippen molar-refractivity contribution in [3.05, 3.63) is 48.6 Å². The zero-order valence-corrected chi connectivity index (χ0v) is 8.50. The van der Waals surface area contributed by atoms with Crippen LogP contribution in [0.15, 0.2) is 43.0 Å². The third kappa shape index (κ3) is 4.52. The molecule has 0 fully saturated rings. The maximum Gasteiger partial charge on any atom is 0.0340 e. The molecule has 0 bridgehead atoms. The Kier molecular flexibility index (Phi) is 5.28. The summed E-state index contributed by atoms with van der Waals surface area (Å²) >= 11 is 0. The number of unbranched alkanes of at least 4 members (excludes halogenated alkanes) is 2. The summed E-state index contributed by atoms with van der Waals surface area (Å²) in [6.07, 6.45) is 6.00. The van der Waals surface area contributed by atoms with Gasteiger partial charge < -0.3 is 0 Å². The first-order valence-corrected chi connectivity index (χ1v) is 5.04. The zero-order valence-electron chi connectivity index (χ0n) is 8.50. The lowest BCUT2D eigenvalue weighted by Gasteiger charge is -1.91. The van der Waals surface area contributed by atoms with Gasteiger partial charge in [0, 0.05) is 12.8 Å². The Bertz CT molecular complexity index is 311. The minimum atomic E-state index is 0.870. The van der Waals surface area contributed by atoms with Crippen LogP contribution in [-0.2, 0) is 6.42 Å². The number of hydrogen-bond acceptors (Lipinski definition) is 0. The number of benzene rings is 1. The normalized spacial score (nSPS) is 8.86. The molecule has 0 aromatic heterocycles. The van der Waals surface area contributed by atoms with Gasteiger partial charge in [-0.25, -0.2) is 0 Å². The lowest BCUT2D eigenvalue weighted by Crippen LogP contribution is -1.78. The van der Waals surface area contributed by atoms with E-state index in [9.17, 15) is 0 Å². The molecule has 14 heavy (non-hydrogen) atoms. The summed E-state index contributed by atoms with van der Waals surface area (Å²) in [5.41, 5.74) is 1.30. The average Bonchev–Trinajstić information content (AvgIpc) is 2.25. The molecule has 1 aromatic carbocycles. The van der Waals surface area contributed by atoms with Crippen molar-refractivity contribution in [2.45, 2.75) is 25.7 Å². The van der Waals surface area contributed by atoms with Crippen LogP contribution in [0.2, 0.25) is 0 Å². The van der Waals surface area contributed by atoms with Gasteiger partial charge in [0.05, 0.1) is 0 Å². The van der Waals surface area contributed by atoms with Crippen LogP contribution < -0.4 is 0 Å². The summed E-state index contributed by atoms with van der Waals surface area (Å²) in [6.45, 7) is 3.68. The molecule has 0 N–H and O–H groups in total. The molecule has 0 unspecified atom stereocenters. The fourth-order valence-corrected chi connectivity index (χ4v) is 1.18. The third-order valence-electron chi connectivity index (χ3n) is 1.97. The molecule has 0 amide bonds. The lowest BCUT2D eigenvalue weighted by atomic mass is 10.1. The molecule has 0 saturated heterocycles. The van der Waals surface area contributed by atoms with Crippen LogP contribution >= 0.6 is 0 Å². The summed E-state index contributed by atoms with van der Waals surface area (Å²) in [7, 11) is 0. The molecule has 0 radical (unpaired) electrons. The molecule has 0 atom stereocenters. The van der Waals surface area contributed by atoms with E-state index in [1.807, 2.05) is 12.1 Å². The van der Waals surface area contributed by atoms with Gasteiger partial charge in [-0.2, -0.15) is 0 Å². The highest BCUT2D eigenvalue weighted by Crippen LogP contribution is 1.98. The van der Waals surface area contributed by atoms with Gasteiger partial charge in [-0.05, 0) is 18.4 Å².